The highest BCUT2D eigenvalue weighted by molar-refractivity contribution is 5.77. The molecule has 1 aromatic carbocycles. The van der Waals surface area contributed by atoms with Gasteiger partial charge in [-0.25, -0.2) is 0 Å². The topological polar surface area (TPSA) is 86.8 Å². The smallest absolute Gasteiger partial charge is 0.223 e. The summed E-state index contributed by atoms with van der Waals surface area (Å²) in [6, 6.07) is 7.44. The van der Waals surface area contributed by atoms with E-state index in [-0.39, 0.29) is 19.0 Å². The molecule has 1 fully saturated rings. The lowest BCUT2D eigenvalue weighted by atomic mass is 10.1. The first-order valence-electron chi connectivity index (χ1n) is 6.04. The highest BCUT2D eigenvalue weighted by Crippen LogP contribution is 2.14. The molecule has 0 aromatic heterocycles. The maximum absolute atomic E-state index is 11.9. The molecule has 1 heterocycles. The maximum Gasteiger partial charge on any atom is 0.223 e. The van der Waals surface area contributed by atoms with Crippen LogP contribution in [0.4, 0.5) is 5.69 Å². The Morgan fingerprint density at radius 3 is 2.61 bits per heavy atom. The number of rotatable bonds is 3. The first-order valence-corrected chi connectivity index (χ1v) is 6.04. The summed E-state index contributed by atoms with van der Waals surface area (Å²) in [5.41, 5.74) is 7.37. The molecule has 0 aliphatic carbocycles. The van der Waals surface area contributed by atoms with Crippen LogP contribution in [0, 0.1) is 0 Å². The van der Waals surface area contributed by atoms with Gasteiger partial charge in [-0.05, 0) is 24.1 Å². The molecular weight excluding hydrogens is 232 g/mol. The van der Waals surface area contributed by atoms with Crippen LogP contribution in [0.5, 0.6) is 0 Å². The third kappa shape index (κ3) is 3.00. The fourth-order valence-electron chi connectivity index (χ4n) is 2.13. The van der Waals surface area contributed by atoms with E-state index >= 15 is 0 Å². The van der Waals surface area contributed by atoms with Gasteiger partial charge in [0, 0.05) is 25.2 Å². The number of aliphatic hydroxyl groups is 2. The van der Waals surface area contributed by atoms with Crippen LogP contribution >= 0.6 is 0 Å². The summed E-state index contributed by atoms with van der Waals surface area (Å²) in [5.74, 6) is -0.0481. The molecule has 5 heteroatoms. The Labute approximate surface area is 106 Å². The lowest BCUT2D eigenvalue weighted by Crippen LogP contribution is -2.29. The molecule has 0 saturated carbocycles. The first kappa shape index (κ1) is 12.9. The number of likely N-dealkylation sites (tertiary alicyclic amines) is 1. The monoisotopic (exact) mass is 250 g/mol. The van der Waals surface area contributed by atoms with E-state index in [4.69, 9.17) is 5.73 Å². The number of anilines is 1. The molecule has 1 aliphatic rings. The molecule has 2 unspecified atom stereocenters. The summed E-state index contributed by atoms with van der Waals surface area (Å²) in [7, 11) is 0. The Morgan fingerprint density at radius 1 is 1.33 bits per heavy atom. The predicted octanol–water partition coefficient (Wildman–Crippen LogP) is -0.235. The fourth-order valence-corrected chi connectivity index (χ4v) is 2.13. The number of nitrogens with two attached hydrogens (primary N) is 1. The van der Waals surface area contributed by atoms with Gasteiger partial charge < -0.3 is 20.8 Å². The van der Waals surface area contributed by atoms with E-state index in [0.29, 0.717) is 18.5 Å². The van der Waals surface area contributed by atoms with Crippen molar-refractivity contribution in [1.29, 1.82) is 0 Å². The van der Waals surface area contributed by atoms with E-state index in [1.165, 1.54) is 4.90 Å². The zero-order valence-electron chi connectivity index (χ0n) is 10.1. The van der Waals surface area contributed by atoms with E-state index in [0.717, 1.165) is 5.56 Å². The van der Waals surface area contributed by atoms with Crippen molar-refractivity contribution < 1.29 is 15.0 Å². The van der Waals surface area contributed by atoms with Gasteiger partial charge in [-0.15, -0.1) is 0 Å². The molecule has 0 bridgehead atoms. The summed E-state index contributed by atoms with van der Waals surface area (Å²) in [6.45, 7) is 0.438. The van der Waals surface area contributed by atoms with Crippen LogP contribution < -0.4 is 5.73 Å². The number of β-amino-alcohol motifs (C(OH)–C–C–N with tert-alkyl or cyclic N) is 2. The number of amides is 1. The standard InChI is InChI=1S/C13H18N2O3/c14-10-3-1-2-9(6-10)4-5-13(18)15-7-11(16)12(17)8-15/h1-3,6,11-12,16-17H,4-5,7-8,14H2. The van der Waals surface area contributed by atoms with Gasteiger partial charge in [-0.1, -0.05) is 12.1 Å². The SMILES string of the molecule is Nc1cccc(CCC(=O)N2CC(O)C(O)C2)c1. The van der Waals surface area contributed by atoms with Gasteiger partial charge in [0.15, 0.2) is 0 Å². The molecule has 98 valence electrons. The molecular formula is C13H18N2O3. The number of hydrogen-bond acceptors (Lipinski definition) is 4. The van der Waals surface area contributed by atoms with Gasteiger partial charge in [-0.3, -0.25) is 4.79 Å². The zero-order valence-corrected chi connectivity index (χ0v) is 10.1. The molecule has 18 heavy (non-hydrogen) atoms. The van der Waals surface area contributed by atoms with Crippen molar-refractivity contribution >= 4 is 11.6 Å². The third-order valence-corrected chi connectivity index (χ3v) is 3.19. The minimum Gasteiger partial charge on any atom is -0.399 e. The molecule has 1 aliphatic heterocycles. The second-order valence-electron chi connectivity index (χ2n) is 4.68. The Hall–Kier alpha value is -1.59. The normalized spacial score (nSPS) is 23.3. The van der Waals surface area contributed by atoms with Crippen molar-refractivity contribution in [1.82, 2.24) is 4.90 Å². The lowest BCUT2D eigenvalue weighted by molar-refractivity contribution is -0.130. The number of hydrogen-bond donors (Lipinski definition) is 3. The molecule has 0 spiro atoms. The number of carbonyl (C=O) groups is 1. The number of aryl methyl sites for hydroxylation is 1. The van der Waals surface area contributed by atoms with Crippen molar-refractivity contribution in [3.63, 3.8) is 0 Å². The highest BCUT2D eigenvalue weighted by atomic mass is 16.3. The van der Waals surface area contributed by atoms with Crippen LogP contribution in [0.2, 0.25) is 0 Å². The Morgan fingerprint density at radius 2 is 2.00 bits per heavy atom. The third-order valence-electron chi connectivity index (χ3n) is 3.19. The summed E-state index contributed by atoms with van der Waals surface area (Å²) in [4.78, 5) is 13.4. The largest absolute Gasteiger partial charge is 0.399 e. The van der Waals surface area contributed by atoms with Gasteiger partial charge >= 0.3 is 0 Å². The molecule has 2 atom stereocenters. The molecule has 1 aromatic rings. The zero-order chi connectivity index (χ0) is 13.1. The second-order valence-corrected chi connectivity index (χ2v) is 4.68. The van der Waals surface area contributed by atoms with Gasteiger partial charge in [-0.2, -0.15) is 0 Å². The van der Waals surface area contributed by atoms with Crippen molar-refractivity contribution in [2.45, 2.75) is 25.0 Å². The van der Waals surface area contributed by atoms with E-state index in [9.17, 15) is 15.0 Å². The Balaban J connectivity index is 1.85. The fraction of sp³-hybridized carbons (Fsp3) is 0.462. The van der Waals surface area contributed by atoms with Crippen molar-refractivity contribution in [3.05, 3.63) is 29.8 Å². The summed E-state index contributed by atoms with van der Waals surface area (Å²) < 4.78 is 0. The average Bonchev–Trinajstić information content (AvgIpc) is 2.67. The van der Waals surface area contributed by atoms with Crippen LogP contribution in [0.25, 0.3) is 0 Å². The van der Waals surface area contributed by atoms with Gasteiger partial charge in [0.25, 0.3) is 0 Å². The quantitative estimate of drug-likeness (QED) is 0.646. The van der Waals surface area contributed by atoms with Crippen LogP contribution in [0.3, 0.4) is 0 Å². The molecule has 5 nitrogen and oxygen atoms in total. The predicted molar refractivity (Wildman–Crippen MR) is 67.8 cm³/mol. The molecule has 4 N–H and O–H groups in total. The van der Waals surface area contributed by atoms with E-state index in [1.807, 2.05) is 18.2 Å². The lowest BCUT2D eigenvalue weighted by Gasteiger charge is -2.15. The minimum atomic E-state index is -0.818. The number of benzene rings is 1. The number of nitrogens with zero attached hydrogens (tertiary/aromatic N) is 1. The van der Waals surface area contributed by atoms with Crippen LogP contribution in [0.15, 0.2) is 24.3 Å². The first-order chi connectivity index (χ1) is 8.56. The van der Waals surface area contributed by atoms with Crippen LogP contribution in [-0.4, -0.2) is 46.3 Å². The summed E-state index contributed by atoms with van der Waals surface area (Å²) >= 11 is 0. The number of nitrogen functional groups attached to an aromatic ring is 1. The highest BCUT2D eigenvalue weighted by Gasteiger charge is 2.31. The van der Waals surface area contributed by atoms with Crippen LogP contribution in [0.1, 0.15) is 12.0 Å². The average molecular weight is 250 g/mol. The van der Waals surface area contributed by atoms with Gasteiger partial charge in [0.05, 0.1) is 12.2 Å². The van der Waals surface area contributed by atoms with Gasteiger partial charge in [0.2, 0.25) is 5.91 Å². The molecule has 0 radical (unpaired) electrons. The van der Waals surface area contributed by atoms with Crippen molar-refractivity contribution in [2.75, 3.05) is 18.8 Å². The van der Waals surface area contributed by atoms with Crippen molar-refractivity contribution in [2.24, 2.45) is 0 Å². The maximum atomic E-state index is 11.9. The van der Waals surface area contributed by atoms with Crippen LogP contribution in [-0.2, 0) is 11.2 Å². The van der Waals surface area contributed by atoms with E-state index < -0.39 is 12.2 Å². The summed E-state index contributed by atoms with van der Waals surface area (Å²) in [6.07, 6.45) is -0.655. The Kier molecular flexibility index (Phi) is 3.84. The number of carbonyl (C=O) groups excluding carboxylic acids is 1. The second kappa shape index (κ2) is 5.37. The minimum absolute atomic E-state index is 0.0481. The van der Waals surface area contributed by atoms with E-state index in [1.54, 1.807) is 6.07 Å². The number of aliphatic hydroxyl groups excluding tert-OH is 2. The molecule has 1 amide bonds. The van der Waals surface area contributed by atoms with Crippen molar-refractivity contribution in [3.8, 4) is 0 Å². The summed E-state index contributed by atoms with van der Waals surface area (Å²) in [5, 5.41) is 18.8. The molecule has 1 saturated heterocycles. The van der Waals surface area contributed by atoms with Gasteiger partial charge in [0.1, 0.15) is 0 Å². The van der Waals surface area contributed by atoms with E-state index in [2.05, 4.69) is 0 Å². The molecule has 2 rings (SSSR count). The Bertz CT molecular complexity index is 426.